The van der Waals surface area contributed by atoms with Gasteiger partial charge in [0.25, 0.3) is 0 Å². The second kappa shape index (κ2) is 6.09. The van der Waals surface area contributed by atoms with Gasteiger partial charge in [-0.25, -0.2) is 14.4 Å². The van der Waals surface area contributed by atoms with Crippen molar-refractivity contribution >= 4 is 16.7 Å². The summed E-state index contributed by atoms with van der Waals surface area (Å²) < 4.78 is 30.2. The van der Waals surface area contributed by atoms with E-state index in [4.69, 9.17) is 13.9 Å². The number of anilines is 1. The lowest BCUT2D eigenvalue weighted by Crippen LogP contribution is -2.38. The summed E-state index contributed by atoms with van der Waals surface area (Å²) in [5.41, 5.74) is 0.541. The first-order valence-electron chi connectivity index (χ1n) is 7.64. The Kier molecular flexibility index (Phi) is 3.78. The van der Waals surface area contributed by atoms with Gasteiger partial charge in [-0.3, -0.25) is 0 Å². The quantitative estimate of drug-likeness (QED) is 0.736. The van der Waals surface area contributed by atoms with Gasteiger partial charge in [0.1, 0.15) is 24.0 Å². The third kappa shape index (κ3) is 2.56. The molecule has 1 aliphatic rings. The van der Waals surface area contributed by atoms with Gasteiger partial charge in [-0.05, 0) is 18.2 Å². The Labute approximate surface area is 137 Å². The molecule has 4 rings (SSSR count). The summed E-state index contributed by atoms with van der Waals surface area (Å²) in [6.45, 7) is 1.83. The molecule has 24 heavy (non-hydrogen) atoms. The molecule has 1 atom stereocenters. The van der Waals surface area contributed by atoms with Crippen molar-refractivity contribution in [2.24, 2.45) is 0 Å². The SMILES string of the molecule is COc1cc2c(N3CCOC(c4ccco4)C3)ncnc2cc1F. The second-order valence-electron chi connectivity index (χ2n) is 5.52. The smallest absolute Gasteiger partial charge is 0.167 e. The first kappa shape index (κ1) is 14.9. The summed E-state index contributed by atoms with van der Waals surface area (Å²) in [5.74, 6) is 1.25. The maximum absolute atomic E-state index is 13.9. The molecule has 3 aromatic rings. The monoisotopic (exact) mass is 329 g/mol. The van der Waals surface area contributed by atoms with Crippen LogP contribution in [0.3, 0.4) is 0 Å². The van der Waals surface area contributed by atoms with E-state index in [0.717, 1.165) is 17.0 Å². The summed E-state index contributed by atoms with van der Waals surface area (Å²) in [5, 5.41) is 0.746. The van der Waals surface area contributed by atoms with Crippen molar-refractivity contribution in [1.29, 1.82) is 0 Å². The Morgan fingerprint density at radius 1 is 1.33 bits per heavy atom. The number of nitrogens with zero attached hydrogens (tertiary/aromatic N) is 3. The van der Waals surface area contributed by atoms with Gasteiger partial charge in [-0.2, -0.15) is 0 Å². The largest absolute Gasteiger partial charge is 0.494 e. The van der Waals surface area contributed by atoms with Crippen LogP contribution in [0.1, 0.15) is 11.9 Å². The number of aromatic nitrogens is 2. The Hall–Kier alpha value is -2.67. The standard InChI is InChI=1S/C17H16FN3O3/c1-22-15-7-11-13(8-12(15)18)19-10-20-17(11)21-4-6-24-16(9-21)14-3-2-5-23-14/h2-3,5,7-8,10,16H,4,6,9H2,1H3. The van der Waals surface area contributed by atoms with Crippen LogP contribution in [0.4, 0.5) is 10.2 Å². The zero-order valence-electron chi connectivity index (χ0n) is 13.1. The van der Waals surface area contributed by atoms with Crippen LogP contribution in [0, 0.1) is 5.82 Å². The molecule has 1 unspecified atom stereocenters. The van der Waals surface area contributed by atoms with Crippen LogP contribution >= 0.6 is 0 Å². The van der Waals surface area contributed by atoms with E-state index in [-0.39, 0.29) is 11.9 Å². The van der Waals surface area contributed by atoms with Gasteiger partial charge in [-0.15, -0.1) is 0 Å². The van der Waals surface area contributed by atoms with Crippen LogP contribution in [-0.4, -0.2) is 36.8 Å². The molecule has 0 spiro atoms. The van der Waals surface area contributed by atoms with E-state index in [2.05, 4.69) is 14.9 Å². The molecule has 0 N–H and O–H groups in total. The van der Waals surface area contributed by atoms with Crippen molar-refractivity contribution in [1.82, 2.24) is 9.97 Å². The van der Waals surface area contributed by atoms with Crippen LogP contribution in [-0.2, 0) is 4.74 Å². The Balaban J connectivity index is 1.72. The molecular weight excluding hydrogens is 313 g/mol. The van der Waals surface area contributed by atoms with Crippen molar-refractivity contribution < 1.29 is 18.3 Å². The van der Waals surface area contributed by atoms with Crippen LogP contribution in [0.2, 0.25) is 0 Å². The summed E-state index contributed by atoms with van der Waals surface area (Å²) in [7, 11) is 1.44. The first-order chi connectivity index (χ1) is 11.8. The average Bonchev–Trinajstić information content (AvgIpc) is 3.15. The van der Waals surface area contributed by atoms with Gasteiger partial charge in [0.05, 0.1) is 32.0 Å². The topological polar surface area (TPSA) is 60.6 Å². The molecule has 0 radical (unpaired) electrons. The number of morpholine rings is 1. The highest BCUT2D eigenvalue weighted by molar-refractivity contribution is 5.90. The Morgan fingerprint density at radius 2 is 2.25 bits per heavy atom. The predicted octanol–water partition coefficient (Wildman–Crippen LogP) is 2.95. The van der Waals surface area contributed by atoms with Crippen molar-refractivity contribution in [3.8, 4) is 5.75 Å². The Morgan fingerprint density at radius 3 is 3.04 bits per heavy atom. The minimum atomic E-state index is -0.440. The zero-order chi connectivity index (χ0) is 16.5. The van der Waals surface area contributed by atoms with Gasteiger partial charge in [-0.1, -0.05) is 0 Å². The van der Waals surface area contributed by atoms with Crippen LogP contribution in [0.5, 0.6) is 5.75 Å². The summed E-state index contributed by atoms with van der Waals surface area (Å²) >= 11 is 0. The zero-order valence-corrected chi connectivity index (χ0v) is 13.1. The molecule has 1 fully saturated rings. The van der Waals surface area contributed by atoms with E-state index >= 15 is 0 Å². The molecule has 0 amide bonds. The fourth-order valence-corrected chi connectivity index (χ4v) is 2.94. The molecule has 6 nitrogen and oxygen atoms in total. The number of hydrogen-bond acceptors (Lipinski definition) is 6. The Bertz CT molecular complexity index is 854. The van der Waals surface area contributed by atoms with E-state index in [0.29, 0.717) is 25.2 Å². The fourth-order valence-electron chi connectivity index (χ4n) is 2.94. The molecule has 1 aromatic carbocycles. The molecule has 0 saturated carbocycles. The van der Waals surface area contributed by atoms with Crippen molar-refractivity contribution in [3.63, 3.8) is 0 Å². The number of rotatable bonds is 3. The van der Waals surface area contributed by atoms with E-state index < -0.39 is 5.82 Å². The lowest BCUT2D eigenvalue weighted by molar-refractivity contribution is 0.0256. The van der Waals surface area contributed by atoms with E-state index in [1.807, 2.05) is 12.1 Å². The van der Waals surface area contributed by atoms with E-state index in [9.17, 15) is 4.39 Å². The summed E-state index contributed by atoms with van der Waals surface area (Å²) in [6, 6.07) is 6.73. The van der Waals surface area contributed by atoms with Crippen LogP contribution in [0.25, 0.3) is 10.9 Å². The number of ether oxygens (including phenoxy) is 2. The number of furan rings is 1. The summed E-state index contributed by atoms with van der Waals surface area (Å²) in [4.78, 5) is 10.7. The number of methoxy groups -OCH3 is 1. The molecule has 1 saturated heterocycles. The van der Waals surface area contributed by atoms with Gasteiger partial charge < -0.3 is 18.8 Å². The second-order valence-corrected chi connectivity index (χ2v) is 5.52. The van der Waals surface area contributed by atoms with E-state index in [1.165, 1.54) is 19.5 Å². The van der Waals surface area contributed by atoms with E-state index in [1.54, 1.807) is 12.3 Å². The number of fused-ring (bicyclic) bond motifs is 1. The normalized spacial score (nSPS) is 18.1. The highest BCUT2D eigenvalue weighted by atomic mass is 19.1. The molecular formula is C17H16FN3O3. The number of halogens is 1. The third-order valence-corrected chi connectivity index (χ3v) is 4.11. The molecule has 2 aromatic heterocycles. The van der Waals surface area contributed by atoms with Crippen LogP contribution < -0.4 is 9.64 Å². The molecule has 124 valence electrons. The molecule has 1 aliphatic heterocycles. The first-order valence-corrected chi connectivity index (χ1v) is 7.64. The van der Waals surface area contributed by atoms with Gasteiger partial charge in [0.15, 0.2) is 11.6 Å². The maximum Gasteiger partial charge on any atom is 0.167 e. The van der Waals surface area contributed by atoms with Gasteiger partial charge in [0, 0.05) is 18.0 Å². The maximum atomic E-state index is 13.9. The third-order valence-electron chi connectivity index (χ3n) is 4.11. The van der Waals surface area contributed by atoms with Crippen LogP contribution in [0.15, 0.2) is 41.3 Å². The molecule has 3 heterocycles. The number of benzene rings is 1. The van der Waals surface area contributed by atoms with Crippen molar-refractivity contribution in [2.75, 3.05) is 31.7 Å². The van der Waals surface area contributed by atoms with Crippen molar-refractivity contribution in [2.45, 2.75) is 6.10 Å². The minimum absolute atomic E-state index is 0.166. The minimum Gasteiger partial charge on any atom is -0.494 e. The van der Waals surface area contributed by atoms with Gasteiger partial charge in [0.2, 0.25) is 0 Å². The highest BCUT2D eigenvalue weighted by Crippen LogP contribution is 2.32. The predicted molar refractivity (Wildman–Crippen MR) is 85.7 cm³/mol. The summed E-state index contributed by atoms with van der Waals surface area (Å²) in [6.07, 6.45) is 2.91. The van der Waals surface area contributed by atoms with Gasteiger partial charge >= 0.3 is 0 Å². The molecule has 0 aliphatic carbocycles. The fraction of sp³-hybridized carbons (Fsp3) is 0.294. The molecule has 7 heteroatoms. The lowest BCUT2D eigenvalue weighted by atomic mass is 10.1. The highest BCUT2D eigenvalue weighted by Gasteiger charge is 2.26. The average molecular weight is 329 g/mol. The number of hydrogen-bond donors (Lipinski definition) is 0. The molecule has 0 bridgehead atoms. The van der Waals surface area contributed by atoms with Crippen molar-refractivity contribution in [3.05, 3.63) is 48.4 Å². The lowest BCUT2D eigenvalue weighted by Gasteiger charge is -2.33.